The standard InChI is InChI=1S/C19H24N4O4S2/c1-2-3-17-18(28-22-21-17)19(24)20-16-7-5-13-4-6-14(12-15(13)16)29(25,26)23-8-10-27-11-9-23/h4,6,12,16H,2-3,5,7-11H2,1H3,(H,20,24). The summed E-state index contributed by atoms with van der Waals surface area (Å²) in [6.07, 6.45) is 3.15. The van der Waals surface area contributed by atoms with Crippen molar-refractivity contribution in [3.63, 3.8) is 0 Å². The summed E-state index contributed by atoms with van der Waals surface area (Å²) >= 11 is 1.10. The van der Waals surface area contributed by atoms with Crippen molar-refractivity contribution in [3.8, 4) is 0 Å². The van der Waals surface area contributed by atoms with Gasteiger partial charge >= 0.3 is 0 Å². The van der Waals surface area contributed by atoms with Crippen molar-refractivity contribution in [1.82, 2.24) is 19.2 Å². The van der Waals surface area contributed by atoms with Crippen molar-refractivity contribution < 1.29 is 17.9 Å². The van der Waals surface area contributed by atoms with Crippen LogP contribution in [0.4, 0.5) is 0 Å². The fourth-order valence-electron chi connectivity index (χ4n) is 3.83. The summed E-state index contributed by atoms with van der Waals surface area (Å²) in [5, 5.41) is 7.11. The van der Waals surface area contributed by atoms with Gasteiger partial charge in [0.2, 0.25) is 10.0 Å². The van der Waals surface area contributed by atoms with Crippen LogP contribution in [0.1, 0.15) is 52.3 Å². The molecule has 0 spiro atoms. The third kappa shape index (κ3) is 4.07. The van der Waals surface area contributed by atoms with E-state index in [1.807, 2.05) is 13.0 Å². The number of hydrogen-bond acceptors (Lipinski definition) is 7. The molecule has 0 bridgehead atoms. The van der Waals surface area contributed by atoms with Crippen molar-refractivity contribution in [3.05, 3.63) is 39.9 Å². The second-order valence-electron chi connectivity index (χ2n) is 7.24. The normalized spacial score (nSPS) is 19.8. The first-order valence-electron chi connectivity index (χ1n) is 9.83. The number of carbonyl (C=O) groups is 1. The molecule has 1 aliphatic carbocycles. The summed E-state index contributed by atoms with van der Waals surface area (Å²) in [6.45, 7) is 3.57. The molecule has 156 valence electrons. The summed E-state index contributed by atoms with van der Waals surface area (Å²) in [4.78, 5) is 13.6. The maximum absolute atomic E-state index is 13.0. The highest BCUT2D eigenvalue weighted by Gasteiger charge is 2.31. The molecule has 29 heavy (non-hydrogen) atoms. The van der Waals surface area contributed by atoms with Crippen LogP contribution in [0.2, 0.25) is 0 Å². The summed E-state index contributed by atoms with van der Waals surface area (Å²) in [5.74, 6) is -0.192. The van der Waals surface area contributed by atoms with Gasteiger partial charge in [-0.3, -0.25) is 4.79 Å². The zero-order valence-electron chi connectivity index (χ0n) is 16.3. The average Bonchev–Trinajstić information content (AvgIpc) is 3.36. The van der Waals surface area contributed by atoms with Crippen molar-refractivity contribution in [2.45, 2.75) is 43.5 Å². The van der Waals surface area contributed by atoms with Gasteiger partial charge in [0.25, 0.3) is 5.91 Å². The molecule has 2 heterocycles. The SMILES string of the molecule is CCCc1nnsc1C(=O)NC1CCc2ccc(S(=O)(=O)N3CCOCC3)cc21. The average molecular weight is 437 g/mol. The summed E-state index contributed by atoms with van der Waals surface area (Å²) in [7, 11) is -3.57. The molecule has 8 nitrogen and oxygen atoms in total. The van der Waals surface area contributed by atoms with Gasteiger partial charge < -0.3 is 10.1 Å². The number of hydrogen-bond donors (Lipinski definition) is 1. The largest absolute Gasteiger partial charge is 0.379 e. The van der Waals surface area contributed by atoms with Gasteiger partial charge in [0, 0.05) is 13.1 Å². The molecule has 1 fully saturated rings. The van der Waals surface area contributed by atoms with E-state index in [4.69, 9.17) is 4.74 Å². The Morgan fingerprint density at radius 3 is 2.90 bits per heavy atom. The number of morpholine rings is 1. The molecule has 2 aromatic rings. The number of benzene rings is 1. The van der Waals surface area contributed by atoms with Crippen molar-refractivity contribution in [2.75, 3.05) is 26.3 Å². The highest BCUT2D eigenvalue weighted by molar-refractivity contribution is 7.89. The fraction of sp³-hybridized carbons (Fsp3) is 0.526. The molecule has 10 heteroatoms. The van der Waals surface area contributed by atoms with Crippen LogP contribution < -0.4 is 5.32 Å². The van der Waals surface area contributed by atoms with Crippen LogP contribution in [0, 0.1) is 0 Å². The molecule has 1 atom stereocenters. The van der Waals surface area contributed by atoms with E-state index in [9.17, 15) is 13.2 Å². The number of ether oxygens (including phenoxy) is 1. The molecular formula is C19H24N4O4S2. The monoisotopic (exact) mass is 436 g/mol. The highest BCUT2D eigenvalue weighted by Crippen LogP contribution is 2.34. The molecule has 1 unspecified atom stereocenters. The number of nitrogens with one attached hydrogen (secondary N) is 1. The molecule has 1 aromatic heterocycles. The molecule has 1 aliphatic heterocycles. The van der Waals surface area contributed by atoms with Crippen LogP contribution in [-0.2, 0) is 27.6 Å². The van der Waals surface area contributed by atoms with E-state index in [1.54, 1.807) is 12.1 Å². The van der Waals surface area contributed by atoms with Gasteiger partial charge in [0.05, 0.1) is 29.8 Å². The van der Waals surface area contributed by atoms with Crippen LogP contribution in [0.15, 0.2) is 23.1 Å². The van der Waals surface area contributed by atoms with Crippen LogP contribution in [0.3, 0.4) is 0 Å². The van der Waals surface area contributed by atoms with Gasteiger partial charge in [-0.05, 0) is 54.1 Å². The predicted octanol–water partition coefficient (Wildman–Crippen LogP) is 1.93. The van der Waals surface area contributed by atoms with Gasteiger partial charge in [0.15, 0.2) is 0 Å². The molecule has 2 aliphatic rings. The Morgan fingerprint density at radius 1 is 1.34 bits per heavy atom. The number of sulfonamides is 1. The number of nitrogens with zero attached hydrogens (tertiary/aromatic N) is 3. The number of fused-ring (bicyclic) bond motifs is 1. The summed E-state index contributed by atoms with van der Waals surface area (Å²) < 4.78 is 36.6. The van der Waals surface area contributed by atoms with E-state index in [0.29, 0.717) is 37.6 Å². The Hall–Kier alpha value is -1.88. The van der Waals surface area contributed by atoms with Crippen molar-refractivity contribution >= 4 is 27.5 Å². The molecule has 0 radical (unpaired) electrons. The molecule has 1 saturated heterocycles. The second-order valence-corrected chi connectivity index (χ2v) is 9.93. The van der Waals surface area contributed by atoms with Crippen LogP contribution in [0.25, 0.3) is 0 Å². The predicted molar refractivity (Wildman–Crippen MR) is 108 cm³/mol. The minimum atomic E-state index is -3.57. The molecule has 1 aromatic carbocycles. The lowest BCUT2D eigenvalue weighted by Crippen LogP contribution is -2.40. The summed E-state index contributed by atoms with van der Waals surface area (Å²) in [6, 6.07) is 5.04. The summed E-state index contributed by atoms with van der Waals surface area (Å²) in [5.41, 5.74) is 2.67. The minimum absolute atomic E-state index is 0.192. The maximum atomic E-state index is 13.0. The van der Waals surface area contributed by atoms with Crippen molar-refractivity contribution in [1.29, 1.82) is 0 Å². The second kappa shape index (κ2) is 8.47. The number of aryl methyl sites for hydroxylation is 2. The minimum Gasteiger partial charge on any atom is -0.379 e. The molecule has 4 rings (SSSR count). The number of aromatic nitrogens is 2. The first-order chi connectivity index (χ1) is 14.0. The van der Waals surface area contributed by atoms with E-state index in [0.717, 1.165) is 47.6 Å². The van der Waals surface area contributed by atoms with E-state index >= 15 is 0 Å². The lowest BCUT2D eigenvalue weighted by molar-refractivity contribution is 0.0730. The topological polar surface area (TPSA) is 101 Å². The Morgan fingerprint density at radius 2 is 2.14 bits per heavy atom. The number of carbonyl (C=O) groups excluding carboxylic acids is 1. The lowest BCUT2D eigenvalue weighted by atomic mass is 10.1. The number of amides is 1. The van der Waals surface area contributed by atoms with Gasteiger partial charge in [-0.25, -0.2) is 8.42 Å². The van der Waals surface area contributed by atoms with E-state index in [1.165, 1.54) is 4.31 Å². The maximum Gasteiger partial charge on any atom is 0.265 e. The van der Waals surface area contributed by atoms with Crippen LogP contribution in [-0.4, -0.2) is 54.5 Å². The zero-order chi connectivity index (χ0) is 20.4. The third-order valence-electron chi connectivity index (χ3n) is 5.36. The Kier molecular flexibility index (Phi) is 5.95. The van der Waals surface area contributed by atoms with Crippen LogP contribution >= 0.6 is 11.5 Å². The number of rotatable bonds is 6. The fourth-order valence-corrected chi connectivity index (χ4v) is 5.89. The van der Waals surface area contributed by atoms with E-state index in [-0.39, 0.29) is 16.8 Å². The van der Waals surface area contributed by atoms with Crippen molar-refractivity contribution in [2.24, 2.45) is 0 Å². The van der Waals surface area contributed by atoms with Gasteiger partial charge in [-0.2, -0.15) is 4.31 Å². The molecule has 1 amide bonds. The lowest BCUT2D eigenvalue weighted by Gasteiger charge is -2.26. The Labute approximate surface area is 174 Å². The zero-order valence-corrected chi connectivity index (χ0v) is 17.9. The van der Waals surface area contributed by atoms with Gasteiger partial charge in [-0.1, -0.05) is 23.9 Å². The quantitative estimate of drug-likeness (QED) is 0.742. The van der Waals surface area contributed by atoms with Crippen LogP contribution in [0.5, 0.6) is 0 Å². The Bertz CT molecular complexity index is 999. The first kappa shape index (κ1) is 20.4. The van der Waals surface area contributed by atoms with Gasteiger partial charge in [0.1, 0.15) is 4.88 Å². The Balaban J connectivity index is 1.56. The molecular weight excluding hydrogens is 412 g/mol. The highest BCUT2D eigenvalue weighted by atomic mass is 32.2. The smallest absolute Gasteiger partial charge is 0.265 e. The van der Waals surface area contributed by atoms with Gasteiger partial charge in [-0.15, -0.1) is 5.10 Å². The molecule has 1 N–H and O–H groups in total. The van der Waals surface area contributed by atoms with E-state index in [2.05, 4.69) is 14.9 Å². The molecule has 0 saturated carbocycles. The third-order valence-corrected chi connectivity index (χ3v) is 8.02. The van der Waals surface area contributed by atoms with E-state index < -0.39 is 10.0 Å². The first-order valence-corrected chi connectivity index (χ1v) is 12.0.